The highest BCUT2D eigenvalue weighted by atomic mass is 32.1. The maximum atomic E-state index is 12.7. The van der Waals surface area contributed by atoms with Crippen molar-refractivity contribution in [2.75, 3.05) is 6.54 Å². The molecule has 0 saturated heterocycles. The molecule has 0 radical (unpaired) electrons. The van der Waals surface area contributed by atoms with Crippen LogP contribution in [0.1, 0.15) is 38.5 Å². The standard InChI is InChI=1S/C18H28N4O6S/c1-18(2,3)28-17(27)22-13(10-11-6-5-9-29-11)14(23)21-12(15(24)25)7-4-8-20-16(19)26/h5-6,9,12-13H,4,7-8,10H2,1-3H3,(H,21,23)(H,22,27)(H,24,25)(H3,19,20,26)/t12-,13-/m0/s1. The van der Waals surface area contributed by atoms with E-state index in [-0.39, 0.29) is 19.4 Å². The van der Waals surface area contributed by atoms with Crippen LogP contribution < -0.4 is 21.7 Å². The molecule has 1 rings (SSSR count). The van der Waals surface area contributed by atoms with Crippen LogP contribution in [0, 0.1) is 0 Å². The Labute approximate surface area is 173 Å². The Bertz CT molecular complexity index is 702. The van der Waals surface area contributed by atoms with E-state index >= 15 is 0 Å². The van der Waals surface area contributed by atoms with Crippen LogP contribution in [-0.4, -0.2) is 53.3 Å². The average molecular weight is 429 g/mol. The molecular formula is C18H28N4O6S. The molecule has 162 valence electrons. The second kappa shape index (κ2) is 11.2. The Morgan fingerprint density at radius 1 is 1.21 bits per heavy atom. The van der Waals surface area contributed by atoms with Crippen LogP contribution in [0.4, 0.5) is 9.59 Å². The van der Waals surface area contributed by atoms with Gasteiger partial charge < -0.3 is 31.5 Å². The van der Waals surface area contributed by atoms with Crippen molar-refractivity contribution in [2.45, 2.75) is 57.7 Å². The zero-order valence-corrected chi connectivity index (χ0v) is 17.5. The first-order valence-corrected chi connectivity index (χ1v) is 9.94. The van der Waals surface area contributed by atoms with Crippen LogP contribution in [0.25, 0.3) is 0 Å². The molecule has 0 saturated carbocycles. The zero-order chi connectivity index (χ0) is 22.0. The number of hydrogen-bond donors (Lipinski definition) is 5. The number of aliphatic carboxylic acids is 1. The summed E-state index contributed by atoms with van der Waals surface area (Å²) in [6.45, 7) is 5.27. The lowest BCUT2D eigenvalue weighted by Gasteiger charge is -2.24. The van der Waals surface area contributed by atoms with Gasteiger partial charge in [-0.05, 0) is 45.1 Å². The molecule has 6 N–H and O–H groups in total. The van der Waals surface area contributed by atoms with Gasteiger partial charge in [0.05, 0.1) is 0 Å². The van der Waals surface area contributed by atoms with Crippen molar-refractivity contribution >= 4 is 35.3 Å². The quantitative estimate of drug-likeness (QED) is 0.352. The van der Waals surface area contributed by atoms with E-state index in [9.17, 15) is 24.3 Å². The van der Waals surface area contributed by atoms with Crippen LogP contribution in [0.15, 0.2) is 17.5 Å². The summed E-state index contributed by atoms with van der Waals surface area (Å²) < 4.78 is 5.20. The number of rotatable bonds is 10. The van der Waals surface area contributed by atoms with Crippen molar-refractivity contribution in [1.29, 1.82) is 0 Å². The normalized spacial score (nSPS) is 13.1. The lowest BCUT2D eigenvalue weighted by atomic mass is 10.1. The third kappa shape index (κ3) is 10.3. The molecular weight excluding hydrogens is 400 g/mol. The van der Waals surface area contributed by atoms with E-state index in [2.05, 4.69) is 16.0 Å². The number of nitrogens with two attached hydrogens (primary N) is 1. The number of primary amides is 1. The van der Waals surface area contributed by atoms with E-state index in [0.29, 0.717) is 6.42 Å². The highest BCUT2D eigenvalue weighted by Gasteiger charge is 2.28. The number of hydrogen-bond acceptors (Lipinski definition) is 6. The minimum atomic E-state index is -1.22. The van der Waals surface area contributed by atoms with E-state index in [0.717, 1.165) is 4.88 Å². The number of nitrogens with one attached hydrogen (secondary N) is 3. The average Bonchev–Trinajstić information content (AvgIpc) is 3.07. The predicted molar refractivity (Wildman–Crippen MR) is 108 cm³/mol. The summed E-state index contributed by atoms with van der Waals surface area (Å²) in [4.78, 5) is 47.8. The Balaban J connectivity index is 2.77. The van der Waals surface area contributed by atoms with Crippen LogP contribution in [0.5, 0.6) is 0 Å². The predicted octanol–water partition coefficient (Wildman–Crippen LogP) is 1.20. The minimum absolute atomic E-state index is 0.0829. The maximum absolute atomic E-state index is 12.7. The van der Waals surface area contributed by atoms with Gasteiger partial charge in [-0.15, -0.1) is 11.3 Å². The molecule has 10 nitrogen and oxygen atoms in total. The largest absolute Gasteiger partial charge is 0.480 e. The molecule has 0 aromatic carbocycles. The molecule has 11 heteroatoms. The lowest BCUT2D eigenvalue weighted by Crippen LogP contribution is -2.53. The summed E-state index contributed by atoms with van der Waals surface area (Å²) in [6.07, 6.45) is -0.195. The first-order chi connectivity index (χ1) is 13.5. The summed E-state index contributed by atoms with van der Waals surface area (Å²) in [7, 11) is 0. The molecule has 4 amide bonds. The zero-order valence-electron chi connectivity index (χ0n) is 16.7. The topological polar surface area (TPSA) is 160 Å². The van der Waals surface area contributed by atoms with E-state index in [1.165, 1.54) is 11.3 Å². The van der Waals surface area contributed by atoms with Gasteiger partial charge in [0.1, 0.15) is 17.7 Å². The molecule has 0 aliphatic rings. The number of amides is 4. The van der Waals surface area contributed by atoms with Crippen molar-refractivity contribution in [3.8, 4) is 0 Å². The van der Waals surface area contributed by atoms with Crippen LogP contribution >= 0.6 is 11.3 Å². The Morgan fingerprint density at radius 3 is 2.41 bits per heavy atom. The number of carbonyl (C=O) groups excluding carboxylic acids is 3. The molecule has 1 heterocycles. The van der Waals surface area contributed by atoms with Crippen molar-refractivity contribution < 1.29 is 29.0 Å². The molecule has 1 aromatic rings. The molecule has 0 aliphatic heterocycles. The van der Waals surface area contributed by atoms with Gasteiger partial charge in [0.2, 0.25) is 5.91 Å². The SMILES string of the molecule is CC(C)(C)OC(=O)N[C@@H](Cc1cccs1)C(=O)N[C@@H](CCCNC(N)=O)C(=O)O. The molecule has 0 aliphatic carbocycles. The van der Waals surface area contributed by atoms with Crippen molar-refractivity contribution in [2.24, 2.45) is 5.73 Å². The Kier molecular flexibility index (Phi) is 9.39. The summed E-state index contributed by atoms with van der Waals surface area (Å²) >= 11 is 1.41. The maximum Gasteiger partial charge on any atom is 0.408 e. The number of ether oxygens (including phenoxy) is 1. The molecule has 0 fully saturated rings. The first-order valence-electron chi connectivity index (χ1n) is 9.06. The highest BCUT2D eigenvalue weighted by Crippen LogP contribution is 2.13. The van der Waals surface area contributed by atoms with Crippen LogP contribution in [-0.2, 0) is 20.7 Å². The van der Waals surface area contributed by atoms with Gasteiger partial charge in [-0.3, -0.25) is 4.79 Å². The monoisotopic (exact) mass is 428 g/mol. The van der Waals surface area contributed by atoms with Crippen molar-refractivity contribution in [3.05, 3.63) is 22.4 Å². The van der Waals surface area contributed by atoms with Gasteiger partial charge in [0, 0.05) is 17.8 Å². The van der Waals surface area contributed by atoms with Gasteiger partial charge in [0.15, 0.2) is 0 Å². The molecule has 0 bridgehead atoms. The van der Waals surface area contributed by atoms with Gasteiger partial charge in [0.25, 0.3) is 0 Å². The molecule has 1 aromatic heterocycles. The molecule has 29 heavy (non-hydrogen) atoms. The van der Waals surface area contributed by atoms with Gasteiger partial charge in [-0.2, -0.15) is 0 Å². The third-order valence-electron chi connectivity index (χ3n) is 3.58. The summed E-state index contributed by atoms with van der Waals surface area (Å²) in [5.41, 5.74) is 4.21. The number of carboxylic acids is 1. The number of alkyl carbamates (subject to hydrolysis) is 1. The van der Waals surface area contributed by atoms with Crippen LogP contribution in [0.2, 0.25) is 0 Å². The summed E-state index contributed by atoms with van der Waals surface area (Å²) in [5.74, 6) is -1.86. The van der Waals surface area contributed by atoms with Gasteiger partial charge >= 0.3 is 18.1 Å². The molecule has 0 spiro atoms. The van der Waals surface area contributed by atoms with E-state index in [4.69, 9.17) is 10.5 Å². The second-order valence-electron chi connectivity index (χ2n) is 7.31. The Hall–Kier alpha value is -2.82. The second-order valence-corrected chi connectivity index (χ2v) is 8.35. The fraction of sp³-hybridized carbons (Fsp3) is 0.556. The summed E-state index contributed by atoms with van der Waals surface area (Å²) in [6, 6.07) is 0.733. The van der Waals surface area contributed by atoms with E-state index < -0.39 is 41.7 Å². The van der Waals surface area contributed by atoms with Crippen LogP contribution in [0.3, 0.4) is 0 Å². The molecule has 0 unspecified atom stereocenters. The first kappa shape index (κ1) is 24.2. The third-order valence-corrected chi connectivity index (χ3v) is 4.47. The fourth-order valence-corrected chi connectivity index (χ4v) is 3.09. The fourth-order valence-electron chi connectivity index (χ4n) is 2.34. The lowest BCUT2D eigenvalue weighted by molar-refractivity contribution is -0.142. The highest BCUT2D eigenvalue weighted by molar-refractivity contribution is 7.09. The minimum Gasteiger partial charge on any atom is -0.480 e. The molecule has 2 atom stereocenters. The van der Waals surface area contributed by atoms with E-state index in [1.807, 2.05) is 17.5 Å². The number of thiophene rings is 1. The number of urea groups is 1. The van der Waals surface area contributed by atoms with Gasteiger partial charge in [-0.25, -0.2) is 14.4 Å². The summed E-state index contributed by atoms with van der Waals surface area (Å²) in [5, 5.41) is 18.5. The number of carbonyl (C=O) groups is 4. The number of carboxylic acid groups (broad SMARTS) is 1. The van der Waals surface area contributed by atoms with E-state index in [1.54, 1.807) is 20.8 Å². The Morgan fingerprint density at radius 2 is 1.90 bits per heavy atom. The van der Waals surface area contributed by atoms with Gasteiger partial charge in [-0.1, -0.05) is 6.07 Å². The van der Waals surface area contributed by atoms with Crippen molar-refractivity contribution in [3.63, 3.8) is 0 Å². The smallest absolute Gasteiger partial charge is 0.408 e. The van der Waals surface area contributed by atoms with Crippen molar-refractivity contribution in [1.82, 2.24) is 16.0 Å².